The summed E-state index contributed by atoms with van der Waals surface area (Å²) in [5.41, 5.74) is 2.12. The van der Waals surface area contributed by atoms with E-state index in [4.69, 9.17) is 4.74 Å². The third-order valence-corrected chi connectivity index (χ3v) is 3.24. The van der Waals surface area contributed by atoms with E-state index in [-0.39, 0.29) is 5.91 Å². The average Bonchev–Trinajstić information content (AvgIpc) is 2.37. The molecule has 1 N–H and O–H groups in total. The first-order valence-corrected chi connectivity index (χ1v) is 6.76. The number of ether oxygens (including phenoxy) is 1. The molecule has 1 aromatic carbocycles. The van der Waals surface area contributed by atoms with Crippen LogP contribution in [0.5, 0.6) is 5.75 Å². The smallest absolute Gasteiger partial charge is 0.258 e. The molecule has 0 unspecified atom stereocenters. The Labute approximate surface area is 125 Å². The topological polar surface area (TPSA) is 64.1 Å². The summed E-state index contributed by atoms with van der Waals surface area (Å²) in [6, 6.07) is 6.94. The molecule has 0 aliphatic heterocycles. The molecule has 0 bridgehead atoms. The summed E-state index contributed by atoms with van der Waals surface area (Å²) in [6.45, 7) is 3.71. The van der Waals surface area contributed by atoms with E-state index in [2.05, 4.69) is 31.2 Å². The number of rotatable bonds is 3. The van der Waals surface area contributed by atoms with Crippen molar-refractivity contribution < 1.29 is 9.53 Å². The molecular weight excluding hydrogens is 322 g/mol. The Morgan fingerprint density at radius 3 is 2.40 bits per heavy atom. The van der Waals surface area contributed by atoms with E-state index in [0.29, 0.717) is 21.7 Å². The molecule has 5 nitrogen and oxygen atoms in total. The molecule has 1 aromatic heterocycles. The summed E-state index contributed by atoms with van der Waals surface area (Å²) in [5, 5.41) is 2.68. The lowest BCUT2D eigenvalue weighted by atomic mass is 10.2. The fourth-order valence-electron chi connectivity index (χ4n) is 1.76. The fraction of sp³-hybridized carbons (Fsp3) is 0.214. The van der Waals surface area contributed by atoms with Gasteiger partial charge in [0.1, 0.15) is 5.75 Å². The number of benzene rings is 1. The molecule has 2 rings (SSSR count). The number of anilines is 1. The maximum Gasteiger partial charge on any atom is 0.258 e. The van der Waals surface area contributed by atoms with Gasteiger partial charge in [-0.15, -0.1) is 0 Å². The molecule has 0 atom stereocenters. The zero-order chi connectivity index (χ0) is 14.7. The van der Waals surface area contributed by atoms with E-state index in [9.17, 15) is 4.79 Å². The molecule has 0 radical (unpaired) electrons. The highest BCUT2D eigenvalue weighted by Gasteiger charge is 2.11. The van der Waals surface area contributed by atoms with E-state index in [0.717, 1.165) is 11.4 Å². The van der Waals surface area contributed by atoms with Gasteiger partial charge in [0, 0.05) is 17.0 Å². The molecule has 0 aliphatic carbocycles. The number of methoxy groups -OCH3 is 1. The summed E-state index contributed by atoms with van der Waals surface area (Å²) < 4.78 is 5.84. The Hall–Kier alpha value is -1.95. The number of halogens is 1. The van der Waals surface area contributed by atoms with Crippen LogP contribution < -0.4 is 10.1 Å². The molecule has 0 saturated carbocycles. The second-order valence-corrected chi connectivity index (χ2v) is 5.13. The number of hydrogen-bond donors (Lipinski definition) is 1. The molecule has 1 amide bonds. The number of amides is 1. The standard InChI is InChI=1S/C14H14BrN3O2/c1-8-6-9(2)17-14(16-8)18-13(19)10-4-5-12(20-3)11(15)7-10/h4-7H,1-3H3,(H,16,17,18,19). The van der Waals surface area contributed by atoms with Crippen LogP contribution in [0.1, 0.15) is 21.7 Å². The second kappa shape index (κ2) is 6.00. The Balaban J connectivity index is 2.21. The highest BCUT2D eigenvalue weighted by atomic mass is 79.9. The minimum Gasteiger partial charge on any atom is -0.496 e. The van der Waals surface area contributed by atoms with Gasteiger partial charge in [0.2, 0.25) is 5.95 Å². The van der Waals surface area contributed by atoms with Crippen molar-refractivity contribution in [3.63, 3.8) is 0 Å². The fourth-order valence-corrected chi connectivity index (χ4v) is 2.30. The number of carbonyl (C=O) groups excluding carboxylic acids is 1. The lowest BCUT2D eigenvalue weighted by molar-refractivity contribution is 0.102. The summed E-state index contributed by atoms with van der Waals surface area (Å²) in [4.78, 5) is 20.5. The van der Waals surface area contributed by atoms with Gasteiger partial charge in [0.05, 0.1) is 11.6 Å². The molecule has 0 spiro atoms. The van der Waals surface area contributed by atoms with E-state index in [1.807, 2.05) is 19.9 Å². The zero-order valence-electron chi connectivity index (χ0n) is 11.4. The predicted octanol–water partition coefficient (Wildman–Crippen LogP) is 3.12. The van der Waals surface area contributed by atoms with E-state index in [1.54, 1.807) is 25.3 Å². The maximum absolute atomic E-state index is 12.1. The first-order valence-electron chi connectivity index (χ1n) is 5.97. The molecular formula is C14H14BrN3O2. The van der Waals surface area contributed by atoms with Gasteiger partial charge in [-0.1, -0.05) is 0 Å². The monoisotopic (exact) mass is 335 g/mol. The van der Waals surface area contributed by atoms with Crippen LogP contribution in [0, 0.1) is 13.8 Å². The van der Waals surface area contributed by atoms with Gasteiger partial charge < -0.3 is 4.74 Å². The molecule has 0 saturated heterocycles. The van der Waals surface area contributed by atoms with E-state index in [1.165, 1.54) is 0 Å². The molecule has 2 aromatic rings. The van der Waals surface area contributed by atoms with Gasteiger partial charge >= 0.3 is 0 Å². The van der Waals surface area contributed by atoms with E-state index < -0.39 is 0 Å². The van der Waals surface area contributed by atoms with Crippen LogP contribution in [0.2, 0.25) is 0 Å². The highest BCUT2D eigenvalue weighted by molar-refractivity contribution is 9.10. The summed E-state index contributed by atoms with van der Waals surface area (Å²) in [6.07, 6.45) is 0. The normalized spacial score (nSPS) is 10.2. The lowest BCUT2D eigenvalue weighted by Crippen LogP contribution is -2.15. The van der Waals surface area contributed by atoms with Crippen LogP contribution in [0.4, 0.5) is 5.95 Å². The van der Waals surface area contributed by atoms with Crippen molar-refractivity contribution in [1.82, 2.24) is 9.97 Å². The van der Waals surface area contributed by atoms with Gasteiger partial charge in [-0.05, 0) is 54.0 Å². The van der Waals surface area contributed by atoms with Crippen LogP contribution in [0.15, 0.2) is 28.7 Å². The lowest BCUT2D eigenvalue weighted by Gasteiger charge is -2.07. The molecule has 104 valence electrons. The Kier molecular flexibility index (Phi) is 4.34. The number of carbonyl (C=O) groups is 1. The maximum atomic E-state index is 12.1. The SMILES string of the molecule is COc1ccc(C(=O)Nc2nc(C)cc(C)n2)cc1Br. The first-order chi connectivity index (χ1) is 9.49. The van der Waals surface area contributed by atoms with Gasteiger partial charge in [-0.25, -0.2) is 9.97 Å². The average molecular weight is 336 g/mol. The number of aryl methyl sites for hydroxylation is 2. The van der Waals surface area contributed by atoms with Crippen LogP contribution in [-0.2, 0) is 0 Å². The molecule has 0 fully saturated rings. The van der Waals surface area contributed by atoms with E-state index >= 15 is 0 Å². The minimum absolute atomic E-state index is 0.265. The van der Waals surface area contributed by atoms with Crippen molar-refractivity contribution in [2.75, 3.05) is 12.4 Å². The number of nitrogens with zero attached hydrogens (tertiary/aromatic N) is 2. The van der Waals surface area contributed by atoms with Crippen LogP contribution in [0.3, 0.4) is 0 Å². The third kappa shape index (κ3) is 3.33. The van der Waals surface area contributed by atoms with Crippen molar-refractivity contribution in [3.05, 3.63) is 45.7 Å². The summed E-state index contributed by atoms with van der Waals surface area (Å²) >= 11 is 3.35. The minimum atomic E-state index is -0.265. The van der Waals surface area contributed by atoms with Gasteiger partial charge in [0.15, 0.2) is 0 Å². The third-order valence-electron chi connectivity index (χ3n) is 2.62. The molecule has 20 heavy (non-hydrogen) atoms. The van der Waals surface area contributed by atoms with Gasteiger partial charge in [-0.2, -0.15) is 0 Å². The van der Waals surface area contributed by atoms with Crippen molar-refractivity contribution >= 4 is 27.8 Å². The Morgan fingerprint density at radius 2 is 1.85 bits per heavy atom. The molecule has 1 heterocycles. The Morgan fingerprint density at radius 1 is 1.20 bits per heavy atom. The van der Waals surface area contributed by atoms with Gasteiger partial charge in [0.25, 0.3) is 5.91 Å². The quantitative estimate of drug-likeness (QED) is 0.935. The zero-order valence-corrected chi connectivity index (χ0v) is 13.0. The van der Waals surface area contributed by atoms with Gasteiger partial charge in [-0.3, -0.25) is 10.1 Å². The number of nitrogens with one attached hydrogen (secondary N) is 1. The van der Waals surface area contributed by atoms with Crippen LogP contribution in [-0.4, -0.2) is 23.0 Å². The van der Waals surface area contributed by atoms with Crippen molar-refractivity contribution in [1.29, 1.82) is 0 Å². The van der Waals surface area contributed by atoms with Crippen molar-refractivity contribution in [3.8, 4) is 5.75 Å². The van der Waals surface area contributed by atoms with Crippen molar-refractivity contribution in [2.24, 2.45) is 0 Å². The van der Waals surface area contributed by atoms with Crippen molar-refractivity contribution in [2.45, 2.75) is 13.8 Å². The number of hydrogen-bond acceptors (Lipinski definition) is 4. The molecule has 6 heteroatoms. The second-order valence-electron chi connectivity index (χ2n) is 4.28. The van der Waals surface area contributed by atoms with Crippen LogP contribution in [0.25, 0.3) is 0 Å². The number of aromatic nitrogens is 2. The summed E-state index contributed by atoms with van der Waals surface area (Å²) in [7, 11) is 1.57. The van der Waals surface area contributed by atoms with Crippen LogP contribution >= 0.6 is 15.9 Å². The first kappa shape index (κ1) is 14.5. The largest absolute Gasteiger partial charge is 0.496 e. The highest BCUT2D eigenvalue weighted by Crippen LogP contribution is 2.25. The Bertz CT molecular complexity index is 639. The predicted molar refractivity (Wildman–Crippen MR) is 80.2 cm³/mol. The molecule has 0 aliphatic rings. The summed E-state index contributed by atoms with van der Waals surface area (Å²) in [5.74, 6) is 0.710.